The third kappa shape index (κ3) is 3.70. The van der Waals surface area contributed by atoms with Crippen LogP contribution in [0.2, 0.25) is 0 Å². The highest BCUT2D eigenvalue weighted by atomic mass is 16.4. The van der Waals surface area contributed by atoms with Crippen LogP contribution in [-0.4, -0.2) is 22.4 Å². The summed E-state index contributed by atoms with van der Waals surface area (Å²) in [5.74, 6) is 1.28. The van der Waals surface area contributed by atoms with Gasteiger partial charge in [0.25, 0.3) is 0 Å². The predicted molar refractivity (Wildman–Crippen MR) is 71.0 cm³/mol. The summed E-state index contributed by atoms with van der Waals surface area (Å²) >= 11 is 0. The van der Waals surface area contributed by atoms with E-state index in [9.17, 15) is 4.79 Å². The van der Waals surface area contributed by atoms with Crippen LogP contribution in [0.25, 0.3) is 0 Å². The fourth-order valence-corrected chi connectivity index (χ4v) is 1.56. The van der Waals surface area contributed by atoms with Gasteiger partial charge in [0, 0.05) is 0 Å². The lowest BCUT2D eigenvalue weighted by Gasteiger charge is -2.12. The molecule has 0 unspecified atom stereocenters. The number of benzene rings is 1. The number of hydrogen-bond donors (Lipinski definition) is 1. The lowest BCUT2D eigenvalue weighted by atomic mass is 10.2. The van der Waals surface area contributed by atoms with E-state index in [4.69, 9.17) is 9.52 Å². The molecule has 0 atom stereocenters. The van der Waals surface area contributed by atoms with Crippen molar-refractivity contribution in [2.24, 2.45) is 5.10 Å². The normalized spacial score (nSPS) is 10.8. The zero-order valence-electron chi connectivity index (χ0n) is 10.5. The molecule has 0 radical (unpaired) electrons. The molecule has 0 fully saturated rings. The van der Waals surface area contributed by atoms with E-state index >= 15 is 0 Å². The smallest absolute Gasteiger partial charge is 0.428 e. The topological polar surface area (TPSA) is 66.0 Å². The SMILES string of the molecule is Cc1ccc(C=NN(Cc2ccccc2)C(=O)O)o1. The Morgan fingerprint density at radius 1 is 1.32 bits per heavy atom. The molecule has 0 aliphatic carbocycles. The molecule has 1 heterocycles. The first kappa shape index (κ1) is 12.9. The second kappa shape index (κ2) is 5.86. The van der Waals surface area contributed by atoms with E-state index in [0.717, 1.165) is 16.3 Å². The molecule has 1 amide bonds. The minimum absolute atomic E-state index is 0.201. The fourth-order valence-electron chi connectivity index (χ4n) is 1.56. The minimum Gasteiger partial charge on any atom is -0.464 e. The van der Waals surface area contributed by atoms with Crippen LogP contribution in [0.1, 0.15) is 17.1 Å². The van der Waals surface area contributed by atoms with E-state index in [1.54, 1.807) is 12.1 Å². The summed E-state index contributed by atoms with van der Waals surface area (Å²) < 4.78 is 5.29. The van der Waals surface area contributed by atoms with Gasteiger partial charge in [-0.2, -0.15) is 10.1 Å². The third-order valence-electron chi connectivity index (χ3n) is 2.48. The lowest BCUT2D eigenvalue weighted by Crippen LogP contribution is -2.23. The zero-order valence-corrected chi connectivity index (χ0v) is 10.5. The Labute approximate surface area is 110 Å². The molecule has 0 aliphatic rings. The Balaban J connectivity index is 2.08. The van der Waals surface area contributed by atoms with Gasteiger partial charge in [0.1, 0.15) is 11.5 Å². The molecule has 2 rings (SSSR count). The molecule has 2 aromatic rings. The highest BCUT2D eigenvalue weighted by Gasteiger charge is 2.10. The number of hydrazone groups is 1. The highest BCUT2D eigenvalue weighted by Crippen LogP contribution is 2.07. The number of amides is 1. The van der Waals surface area contributed by atoms with Gasteiger partial charge in [-0.25, -0.2) is 4.79 Å². The van der Waals surface area contributed by atoms with Gasteiger partial charge >= 0.3 is 6.09 Å². The van der Waals surface area contributed by atoms with E-state index in [1.165, 1.54) is 6.21 Å². The number of nitrogens with zero attached hydrogens (tertiary/aromatic N) is 2. The first-order valence-electron chi connectivity index (χ1n) is 5.80. The van der Waals surface area contributed by atoms with Crippen molar-refractivity contribution in [2.75, 3.05) is 0 Å². The average molecular weight is 258 g/mol. The summed E-state index contributed by atoms with van der Waals surface area (Å²) in [6, 6.07) is 12.8. The molecule has 0 aliphatic heterocycles. The van der Waals surface area contributed by atoms with Gasteiger partial charge in [-0.3, -0.25) is 0 Å². The summed E-state index contributed by atoms with van der Waals surface area (Å²) in [6.45, 7) is 2.02. The molecule has 0 bridgehead atoms. The Kier molecular flexibility index (Phi) is 3.97. The van der Waals surface area contributed by atoms with E-state index in [-0.39, 0.29) is 6.54 Å². The molecule has 5 nitrogen and oxygen atoms in total. The Bertz CT molecular complexity index is 575. The van der Waals surface area contributed by atoms with Crippen LogP contribution in [-0.2, 0) is 6.54 Å². The standard InChI is InChI=1S/C14H14N2O3/c1-11-7-8-13(19-11)9-15-16(14(17)18)10-12-5-3-2-4-6-12/h2-9H,10H2,1H3,(H,17,18). The summed E-state index contributed by atoms with van der Waals surface area (Å²) in [4.78, 5) is 11.1. The van der Waals surface area contributed by atoms with E-state index in [0.29, 0.717) is 5.76 Å². The first-order chi connectivity index (χ1) is 9.15. The zero-order chi connectivity index (χ0) is 13.7. The quantitative estimate of drug-likeness (QED) is 0.676. The van der Waals surface area contributed by atoms with Crippen LogP contribution < -0.4 is 0 Å². The van der Waals surface area contributed by atoms with Crippen LogP contribution >= 0.6 is 0 Å². The minimum atomic E-state index is -1.11. The maximum Gasteiger partial charge on any atom is 0.428 e. The molecule has 5 heteroatoms. The van der Waals surface area contributed by atoms with Crippen molar-refractivity contribution >= 4 is 12.3 Å². The van der Waals surface area contributed by atoms with Crippen molar-refractivity contribution in [3.63, 3.8) is 0 Å². The summed E-state index contributed by atoms with van der Waals surface area (Å²) in [5.41, 5.74) is 0.873. The maximum atomic E-state index is 11.1. The van der Waals surface area contributed by atoms with Crippen molar-refractivity contribution < 1.29 is 14.3 Å². The van der Waals surface area contributed by atoms with E-state index in [2.05, 4.69) is 5.10 Å². The molecule has 0 spiro atoms. The Hall–Kier alpha value is -2.56. The Morgan fingerprint density at radius 2 is 2.05 bits per heavy atom. The molecule has 0 saturated carbocycles. The van der Waals surface area contributed by atoms with Crippen LogP contribution in [0.4, 0.5) is 4.79 Å². The number of rotatable bonds is 4. The molecular formula is C14H14N2O3. The molecule has 1 aromatic carbocycles. The second-order valence-corrected chi connectivity index (χ2v) is 4.02. The molecule has 0 saturated heterocycles. The largest absolute Gasteiger partial charge is 0.464 e. The summed E-state index contributed by atoms with van der Waals surface area (Å²) in [6.07, 6.45) is 0.285. The molecule has 1 aromatic heterocycles. The van der Waals surface area contributed by atoms with E-state index < -0.39 is 6.09 Å². The molecular weight excluding hydrogens is 244 g/mol. The van der Waals surface area contributed by atoms with Gasteiger partial charge in [0.05, 0.1) is 12.8 Å². The first-order valence-corrected chi connectivity index (χ1v) is 5.80. The van der Waals surface area contributed by atoms with Crippen molar-refractivity contribution in [3.05, 3.63) is 59.5 Å². The molecule has 1 N–H and O–H groups in total. The lowest BCUT2D eigenvalue weighted by molar-refractivity contribution is 0.144. The van der Waals surface area contributed by atoms with Crippen LogP contribution in [0, 0.1) is 6.92 Å². The van der Waals surface area contributed by atoms with Crippen LogP contribution in [0.3, 0.4) is 0 Å². The number of aryl methyl sites for hydroxylation is 1. The van der Waals surface area contributed by atoms with Gasteiger partial charge < -0.3 is 9.52 Å². The van der Waals surface area contributed by atoms with Crippen molar-refractivity contribution in [1.29, 1.82) is 0 Å². The molecule has 98 valence electrons. The third-order valence-corrected chi connectivity index (χ3v) is 2.48. The highest BCUT2D eigenvalue weighted by molar-refractivity contribution is 5.77. The van der Waals surface area contributed by atoms with Crippen LogP contribution in [0.15, 0.2) is 52.0 Å². The molecule has 19 heavy (non-hydrogen) atoms. The summed E-state index contributed by atoms with van der Waals surface area (Å²) in [5, 5.41) is 14.0. The fraction of sp³-hybridized carbons (Fsp3) is 0.143. The van der Waals surface area contributed by atoms with Gasteiger partial charge in [-0.05, 0) is 24.6 Å². The van der Waals surface area contributed by atoms with Crippen LogP contribution in [0.5, 0.6) is 0 Å². The monoisotopic (exact) mass is 258 g/mol. The predicted octanol–water partition coefficient (Wildman–Crippen LogP) is 3.10. The number of carbonyl (C=O) groups is 1. The van der Waals surface area contributed by atoms with Crippen molar-refractivity contribution in [2.45, 2.75) is 13.5 Å². The number of hydrogen-bond acceptors (Lipinski definition) is 3. The Morgan fingerprint density at radius 3 is 2.63 bits per heavy atom. The van der Waals surface area contributed by atoms with Gasteiger partial charge in [0.2, 0.25) is 0 Å². The summed E-state index contributed by atoms with van der Waals surface area (Å²) in [7, 11) is 0. The van der Waals surface area contributed by atoms with Crippen molar-refractivity contribution in [1.82, 2.24) is 5.01 Å². The number of furan rings is 1. The van der Waals surface area contributed by atoms with Crippen molar-refractivity contribution in [3.8, 4) is 0 Å². The van der Waals surface area contributed by atoms with Gasteiger partial charge in [0.15, 0.2) is 0 Å². The van der Waals surface area contributed by atoms with Gasteiger partial charge in [-0.15, -0.1) is 0 Å². The second-order valence-electron chi connectivity index (χ2n) is 4.02. The van der Waals surface area contributed by atoms with Gasteiger partial charge in [-0.1, -0.05) is 30.3 Å². The number of carboxylic acid groups (broad SMARTS) is 1. The van der Waals surface area contributed by atoms with E-state index in [1.807, 2.05) is 37.3 Å². The maximum absolute atomic E-state index is 11.1. The average Bonchev–Trinajstić information content (AvgIpc) is 2.81.